The zero-order valence-corrected chi connectivity index (χ0v) is 10.5. The molecule has 7 heteroatoms. The van der Waals surface area contributed by atoms with Crippen LogP contribution < -0.4 is 5.32 Å². The Bertz CT molecular complexity index is 270. The van der Waals surface area contributed by atoms with E-state index in [9.17, 15) is 14.7 Å². The summed E-state index contributed by atoms with van der Waals surface area (Å²) < 4.78 is 5.30. The summed E-state index contributed by atoms with van der Waals surface area (Å²) in [6.07, 6.45) is 1.75. The standard InChI is InChI=1S/C11H21NO6/c1-2-3-7-18-11(10(16)17,5-4-6-13)12-8-9(14)15/h12-13H,2-8H2,1H3,(H,14,15)(H,16,17). The van der Waals surface area contributed by atoms with Gasteiger partial charge in [0.05, 0.1) is 6.54 Å². The fourth-order valence-electron chi connectivity index (χ4n) is 1.39. The number of carboxylic acid groups (broad SMARTS) is 2. The Morgan fingerprint density at radius 1 is 1.28 bits per heavy atom. The number of carboxylic acids is 2. The van der Waals surface area contributed by atoms with Gasteiger partial charge < -0.3 is 20.1 Å². The van der Waals surface area contributed by atoms with Crippen molar-refractivity contribution >= 4 is 11.9 Å². The lowest BCUT2D eigenvalue weighted by atomic mass is 10.1. The highest BCUT2D eigenvalue weighted by Crippen LogP contribution is 2.16. The van der Waals surface area contributed by atoms with Gasteiger partial charge in [-0.3, -0.25) is 10.1 Å². The molecule has 0 rings (SSSR count). The predicted molar refractivity (Wildman–Crippen MR) is 63.2 cm³/mol. The number of aliphatic hydroxyl groups is 1. The maximum absolute atomic E-state index is 11.3. The number of ether oxygens (including phenoxy) is 1. The first-order valence-electron chi connectivity index (χ1n) is 5.93. The molecule has 0 heterocycles. The third-order valence-corrected chi connectivity index (χ3v) is 2.40. The van der Waals surface area contributed by atoms with Crippen LogP contribution in [0.1, 0.15) is 32.6 Å². The lowest BCUT2D eigenvalue weighted by Gasteiger charge is -2.30. The zero-order valence-electron chi connectivity index (χ0n) is 10.5. The smallest absolute Gasteiger partial charge is 0.351 e. The Hall–Kier alpha value is -1.18. The van der Waals surface area contributed by atoms with Gasteiger partial charge in [-0.25, -0.2) is 4.79 Å². The van der Waals surface area contributed by atoms with E-state index < -0.39 is 24.2 Å². The highest BCUT2D eigenvalue weighted by molar-refractivity contribution is 5.78. The lowest BCUT2D eigenvalue weighted by Crippen LogP contribution is -2.56. The molecule has 0 bridgehead atoms. The number of hydrogen-bond donors (Lipinski definition) is 4. The van der Waals surface area contributed by atoms with Crippen LogP contribution in [-0.4, -0.2) is 52.7 Å². The van der Waals surface area contributed by atoms with Crippen molar-refractivity contribution in [3.8, 4) is 0 Å². The summed E-state index contributed by atoms with van der Waals surface area (Å²) in [5.74, 6) is -2.43. The molecule has 4 N–H and O–H groups in total. The minimum absolute atomic E-state index is 0.00975. The summed E-state index contributed by atoms with van der Waals surface area (Å²) in [4.78, 5) is 21.8. The third kappa shape index (κ3) is 5.95. The van der Waals surface area contributed by atoms with Gasteiger partial charge in [-0.2, -0.15) is 0 Å². The van der Waals surface area contributed by atoms with Gasteiger partial charge in [-0.1, -0.05) is 13.3 Å². The van der Waals surface area contributed by atoms with Crippen molar-refractivity contribution < 1.29 is 29.6 Å². The Morgan fingerprint density at radius 2 is 1.94 bits per heavy atom. The molecule has 0 spiro atoms. The second-order valence-corrected chi connectivity index (χ2v) is 3.91. The van der Waals surface area contributed by atoms with Crippen LogP contribution in [0.5, 0.6) is 0 Å². The molecular weight excluding hydrogens is 242 g/mol. The van der Waals surface area contributed by atoms with Gasteiger partial charge in [-0.15, -0.1) is 0 Å². The minimum atomic E-state index is -1.74. The van der Waals surface area contributed by atoms with Crippen molar-refractivity contribution in [2.45, 2.75) is 38.3 Å². The number of rotatable bonds is 11. The molecule has 18 heavy (non-hydrogen) atoms. The average molecular weight is 263 g/mol. The van der Waals surface area contributed by atoms with E-state index in [0.717, 1.165) is 6.42 Å². The average Bonchev–Trinajstić information content (AvgIpc) is 2.32. The quantitative estimate of drug-likeness (QED) is 0.307. The second kappa shape index (κ2) is 8.84. The van der Waals surface area contributed by atoms with E-state index >= 15 is 0 Å². The minimum Gasteiger partial charge on any atom is -0.480 e. The molecule has 0 radical (unpaired) electrons. The van der Waals surface area contributed by atoms with Crippen molar-refractivity contribution in [3.63, 3.8) is 0 Å². The van der Waals surface area contributed by atoms with Crippen LogP contribution in [0.2, 0.25) is 0 Å². The maximum atomic E-state index is 11.3. The fraction of sp³-hybridized carbons (Fsp3) is 0.818. The SMILES string of the molecule is CCCCOC(CCCO)(NCC(=O)O)C(=O)O. The van der Waals surface area contributed by atoms with Crippen molar-refractivity contribution in [1.82, 2.24) is 5.32 Å². The van der Waals surface area contributed by atoms with Gasteiger partial charge >= 0.3 is 11.9 Å². The Labute approximate surface area is 106 Å². The van der Waals surface area contributed by atoms with Crippen LogP contribution in [0.3, 0.4) is 0 Å². The van der Waals surface area contributed by atoms with Crippen LogP contribution in [0.4, 0.5) is 0 Å². The van der Waals surface area contributed by atoms with Crippen molar-refractivity contribution in [3.05, 3.63) is 0 Å². The molecule has 1 unspecified atom stereocenters. The normalized spacial score (nSPS) is 14.1. The number of nitrogens with one attached hydrogen (secondary N) is 1. The van der Waals surface area contributed by atoms with Gasteiger partial charge in [0.25, 0.3) is 0 Å². The number of aliphatic hydroxyl groups excluding tert-OH is 1. The molecule has 0 fully saturated rings. The van der Waals surface area contributed by atoms with Gasteiger partial charge in [-0.05, 0) is 12.8 Å². The summed E-state index contributed by atoms with van der Waals surface area (Å²) in [7, 11) is 0. The molecule has 0 aliphatic heterocycles. The van der Waals surface area contributed by atoms with E-state index in [1.807, 2.05) is 6.92 Å². The fourth-order valence-corrected chi connectivity index (χ4v) is 1.39. The van der Waals surface area contributed by atoms with Crippen LogP contribution in [0.15, 0.2) is 0 Å². The summed E-state index contributed by atoms with van der Waals surface area (Å²) >= 11 is 0. The van der Waals surface area contributed by atoms with E-state index in [4.69, 9.17) is 14.9 Å². The Balaban J connectivity index is 4.66. The number of unbranched alkanes of at least 4 members (excludes halogenated alkanes) is 1. The zero-order chi connectivity index (χ0) is 14.0. The van der Waals surface area contributed by atoms with E-state index in [-0.39, 0.29) is 26.1 Å². The third-order valence-electron chi connectivity index (χ3n) is 2.40. The van der Waals surface area contributed by atoms with Crippen LogP contribution in [0, 0.1) is 0 Å². The summed E-state index contributed by atoms with van der Waals surface area (Å²) in [5, 5.41) is 29.0. The number of aliphatic carboxylic acids is 2. The molecule has 0 saturated carbocycles. The first kappa shape index (κ1) is 16.8. The Kier molecular flexibility index (Phi) is 8.27. The predicted octanol–water partition coefficient (Wildman–Crippen LogP) is 0.0307. The molecule has 0 saturated heterocycles. The monoisotopic (exact) mass is 263 g/mol. The van der Waals surface area contributed by atoms with Crippen molar-refractivity contribution in [2.75, 3.05) is 19.8 Å². The number of hydrogen-bond acceptors (Lipinski definition) is 5. The van der Waals surface area contributed by atoms with E-state index in [1.54, 1.807) is 0 Å². The molecule has 0 aromatic heterocycles. The molecule has 0 aromatic rings. The van der Waals surface area contributed by atoms with Gasteiger partial charge in [0.15, 0.2) is 0 Å². The molecule has 0 aromatic carbocycles. The molecule has 0 aliphatic rings. The van der Waals surface area contributed by atoms with Gasteiger partial charge in [0, 0.05) is 19.6 Å². The van der Waals surface area contributed by atoms with E-state index in [1.165, 1.54) is 0 Å². The summed E-state index contributed by atoms with van der Waals surface area (Å²) in [5.41, 5.74) is -1.74. The largest absolute Gasteiger partial charge is 0.480 e. The van der Waals surface area contributed by atoms with Crippen molar-refractivity contribution in [1.29, 1.82) is 0 Å². The van der Waals surface area contributed by atoms with Gasteiger partial charge in [0.2, 0.25) is 5.72 Å². The summed E-state index contributed by atoms with van der Waals surface area (Å²) in [6, 6.07) is 0. The molecular formula is C11H21NO6. The highest BCUT2D eigenvalue weighted by atomic mass is 16.5. The second-order valence-electron chi connectivity index (χ2n) is 3.91. The van der Waals surface area contributed by atoms with Crippen LogP contribution in [-0.2, 0) is 14.3 Å². The first-order chi connectivity index (χ1) is 8.48. The van der Waals surface area contributed by atoms with E-state index in [2.05, 4.69) is 5.32 Å². The van der Waals surface area contributed by atoms with E-state index in [0.29, 0.717) is 6.42 Å². The molecule has 0 aliphatic carbocycles. The van der Waals surface area contributed by atoms with Crippen LogP contribution >= 0.6 is 0 Å². The first-order valence-corrected chi connectivity index (χ1v) is 5.93. The summed E-state index contributed by atoms with van der Waals surface area (Å²) in [6.45, 7) is 1.47. The maximum Gasteiger partial charge on any atom is 0.351 e. The lowest BCUT2D eigenvalue weighted by molar-refractivity contribution is -0.174. The molecule has 7 nitrogen and oxygen atoms in total. The van der Waals surface area contributed by atoms with Crippen LogP contribution in [0.25, 0.3) is 0 Å². The van der Waals surface area contributed by atoms with Crippen molar-refractivity contribution in [2.24, 2.45) is 0 Å². The van der Waals surface area contributed by atoms with Gasteiger partial charge in [0.1, 0.15) is 0 Å². The highest BCUT2D eigenvalue weighted by Gasteiger charge is 2.39. The number of carbonyl (C=O) groups is 2. The molecule has 0 amide bonds. The Morgan fingerprint density at radius 3 is 2.39 bits per heavy atom. The molecule has 1 atom stereocenters. The topological polar surface area (TPSA) is 116 Å². The molecule has 106 valence electrons.